The molecule has 0 aliphatic carbocycles. The van der Waals surface area contributed by atoms with Gasteiger partial charge < -0.3 is 9.47 Å². The second-order valence-corrected chi connectivity index (χ2v) is 6.70. The zero-order valence-electron chi connectivity index (χ0n) is 14.7. The van der Waals surface area contributed by atoms with Crippen molar-refractivity contribution >= 4 is 24.3 Å². The van der Waals surface area contributed by atoms with Crippen LogP contribution in [-0.4, -0.2) is 48.7 Å². The largest absolute Gasteiger partial charge is 0.465 e. The molecule has 2 bridgehead atoms. The number of piperidine rings is 1. The maximum atomic E-state index is 12.6. The highest BCUT2D eigenvalue weighted by atomic mass is 35.5. The molecule has 1 aromatic carbocycles. The summed E-state index contributed by atoms with van der Waals surface area (Å²) in [6.45, 7) is 2.38. The summed E-state index contributed by atoms with van der Waals surface area (Å²) in [6.07, 6.45) is 3.06. The van der Waals surface area contributed by atoms with Crippen molar-refractivity contribution in [1.29, 1.82) is 0 Å². The SMILES string of the molecule is CCCOC(=O)[C@H]1[C@@H](OC(=O)c2ccccc2)C[C@@H]2CC[C@H]1N2C.Cl. The van der Waals surface area contributed by atoms with Crippen molar-refractivity contribution in [2.24, 2.45) is 5.92 Å². The summed E-state index contributed by atoms with van der Waals surface area (Å²) in [5.74, 6) is -0.995. The molecule has 2 saturated heterocycles. The molecule has 1 aromatic rings. The minimum absolute atomic E-state index is 0. The quantitative estimate of drug-likeness (QED) is 0.748. The van der Waals surface area contributed by atoms with Gasteiger partial charge in [-0.3, -0.25) is 9.69 Å². The van der Waals surface area contributed by atoms with Crippen LogP contribution in [0, 0.1) is 5.92 Å². The molecule has 5 nitrogen and oxygen atoms in total. The first-order valence-electron chi connectivity index (χ1n) is 8.76. The van der Waals surface area contributed by atoms with E-state index < -0.39 is 12.0 Å². The Labute approximate surface area is 155 Å². The summed E-state index contributed by atoms with van der Waals surface area (Å²) in [7, 11) is 2.05. The Morgan fingerprint density at radius 1 is 1.20 bits per heavy atom. The van der Waals surface area contributed by atoms with Gasteiger partial charge in [-0.2, -0.15) is 0 Å². The smallest absolute Gasteiger partial charge is 0.338 e. The predicted octanol–water partition coefficient (Wildman–Crippen LogP) is 3.07. The minimum Gasteiger partial charge on any atom is -0.465 e. The third-order valence-corrected chi connectivity index (χ3v) is 5.20. The number of benzene rings is 1. The van der Waals surface area contributed by atoms with Crippen LogP contribution in [0.15, 0.2) is 30.3 Å². The molecule has 0 amide bonds. The summed E-state index contributed by atoms with van der Waals surface area (Å²) in [6, 6.07) is 9.41. The first-order valence-corrected chi connectivity index (χ1v) is 8.76. The lowest BCUT2D eigenvalue weighted by Gasteiger charge is -2.40. The van der Waals surface area contributed by atoms with E-state index in [-0.39, 0.29) is 30.4 Å². The van der Waals surface area contributed by atoms with Gasteiger partial charge in [-0.25, -0.2) is 4.79 Å². The molecule has 0 unspecified atom stereocenters. The van der Waals surface area contributed by atoms with Crippen LogP contribution in [0.1, 0.15) is 43.0 Å². The van der Waals surface area contributed by atoms with Crippen LogP contribution < -0.4 is 0 Å². The molecule has 0 N–H and O–H groups in total. The molecule has 2 aliphatic heterocycles. The highest BCUT2D eigenvalue weighted by molar-refractivity contribution is 5.89. The number of fused-ring (bicyclic) bond motifs is 2. The molecule has 2 aliphatic rings. The van der Waals surface area contributed by atoms with Crippen LogP contribution in [0.2, 0.25) is 0 Å². The number of carbonyl (C=O) groups excluding carboxylic acids is 2. The van der Waals surface area contributed by atoms with Gasteiger partial charge in [0.1, 0.15) is 12.0 Å². The first kappa shape index (κ1) is 19.7. The first-order chi connectivity index (χ1) is 11.6. The van der Waals surface area contributed by atoms with Crippen LogP contribution in [0.4, 0.5) is 0 Å². The molecule has 0 radical (unpaired) electrons. The van der Waals surface area contributed by atoms with Crippen molar-refractivity contribution in [2.45, 2.75) is 50.8 Å². The van der Waals surface area contributed by atoms with Gasteiger partial charge in [0.2, 0.25) is 0 Å². The highest BCUT2D eigenvalue weighted by Crippen LogP contribution is 2.40. The molecule has 138 valence electrons. The Hall–Kier alpha value is -1.59. The molecule has 3 rings (SSSR count). The molecule has 4 atom stereocenters. The lowest BCUT2D eigenvalue weighted by molar-refractivity contribution is -0.159. The molecular weight excluding hydrogens is 342 g/mol. The number of halogens is 1. The number of ether oxygens (including phenoxy) is 2. The third-order valence-electron chi connectivity index (χ3n) is 5.20. The zero-order chi connectivity index (χ0) is 17.1. The van der Waals surface area contributed by atoms with Gasteiger partial charge in [0.05, 0.1) is 12.2 Å². The number of hydrogen-bond donors (Lipinski definition) is 0. The number of esters is 2. The van der Waals surface area contributed by atoms with Gasteiger partial charge in [0.15, 0.2) is 0 Å². The average Bonchev–Trinajstić information content (AvgIpc) is 2.83. The van der Waals surface area contributed by atoms with Crippen molar-refractivity contribution in [3.05, 3.63) is 35.9 Å². The Balaban J connectivity index is 0.00000225. The van der Waals surface area contributed by atoms with E-state index in [1.807, 2.05) is 25.1 Å². The van der Waals surface area contributed by atoms with Crippen molar-refractivity contribution in [3.8, 4) is 0 Å². The van der Waals surface area contributed by atoms with Crippen LogP contribution >= 0.6 is 12.4 Å². The summed E-state index contributed by atoms with van der Waals surface area (Å²) in [5.41, 5.74) is 0.518. The maximum Gasteiger partial charge on any atom is 0.338 e. The summed E-state index contributed by atoms with van der Waals surface area (Å²) in [5, 5.41) is 0. The maximum absolute atomic E-state index is 12.6. The van der Waals surface area contributed by atoms with E-state index in [0.717, 1.165) is 19.3 Å². The van der Waals surface area contributed by atoms with Crippen molar-refractivity contribution in [1.82, 2.24) is 4.90 Å². The number of rotatable bonds is 5. The Morgan fingerprint density at radius 3 is 2.60 bits per heavy atom. The molecule has 2 heterocycles. The Morgan fingerprint density at radius 2 is 1.92 bits per heavy atom. The number of hydrogen-bond acceptors (Lipinski definition) is 5. The van der Waals surface area contributed by atoms with Crippen molar-refractivity contribution < 1.29 is 19.1 Å². The van der Waals surface area contributed by atoms with Crippen molar-refractivity contribution in [3.63, 3.8) is 0 Å². The summed E-state index contributed by atoms with van der Waals surface area (Å²) in [4.78, 5) is 27.3. The molecule has 0 saturated carbocycles. The molecule has 6 heteroatoms. The average molecular weight is 368 g/mol. The molecule has 25 heavy (non-hydrogen) atoms. The second kappa shape index (κ2) is 8.68. The van der Waals surface area contributed by atoms with E-state index in [9.17, 15) is 9.59 Å². The Bertz CT molecular complexity index is 594. The van der Waals surface area contributed by atoms with E-state index in [1.54, 1.807) is 12.1 Å². The molecule has 0 spiro atoms. The molecule has 0 aromatic heterocycles. The van der Waals surface area contributed by atoms with Crippen LogP contribution in [0.25, 0.3) is 0 Å². The monoisotopic (exact) mass is 367 g/mol. The second-order valence-electron chi connectivity index (χ2n) is 6.70. The van der Waals surface area contributed by atoms with Gasteiger partial charge in [0, 0.05) is 18.5 Å². The third kappa shape index (κ3) is 4.15. The normalized spacial score (nSPS) is 28.1. The minimum atomic E-state index is -0.407. The fourth-order valence-electron chi connectivity index (χ4n) is 3.93. The number of nitrogens with zero attached hydrogens (tertiary/aromatic N) is 1. The van der Waals surface area contributed by atoms with E-state index in [2.05, 4.69) is 11.9 Å². The van der Waals surface area contributed by atoms with Gasteiger partial charge in [-0.1, -0.05) is 25.1 Å². The van der Waals surface area contributed by atoms with Gasteiger partial charge >= 0.3 is 11.9 Å². The van der Waals surface area contributed by atoms with Crippen LogP contribution in [-0.2, 0) is 14.3 Å². The fourth-order valence-corrected chi connectivity index (χ4v) is 3.93. The standard InChI is InChI=1S/C19H25NO4.ClH/c1-3-11-23-19(22)17-15-10-9-14(20(15)2)12-16(17)24-18(21)13-7-5-4-6-8-13;/h4-8,14-17H,3,9-12H2,1-2H3;1H/t14-,15+,16-,17+;/m0./s1. The van der Waals surface area contributed by atoms with E-state index in [1.165, 1.54) is 0 Å². The van der Waals surface area contributed by atoms with E-state index in [4.69, 9.17) is 9.47 Å². The lowest BCUT2D eigenvalue weighted by Crippen LogP contribution is -2.53. The summed E-state index contributed by atoms with van der Waals surface area (Å²) >= 11 is 0. The van der Waals surface area contributed by atoms with Crippen LogP contribution in [0.3, 0.4) is 0 Å². The van der Waals surface area contributed by atoms with Gasteiger partial charge in [-0.05, 0) is 38.4 Å². The van der Waals surface area contributed by atoms with E-state index >= 15 is 0 Å². The predicted molar refractivity (Wildman–Crippen MR) is 96.8 cm³/mol. The topological polar surface area (TPSA) is 55.8 Å². The van der Waals surface area contributed by atoms with Crippen molar-refractivity contribution in [2.75, 3.05) is 13.7 Å². The lowest BCUT2D eigenvalue weighted by atomic mass is 9.87. The Kier molecular flexibility index (Phi) is 6.85. The summed E-state index contributed by atoms with van der Waals surface area (Å²) < 4.78 is 11.1. The zero-order valence-corrected chi connectivity index (χ0v) is 15.5. The van der Waals surface area contributed by atoms with E-state index in [0.29, 0.717) is 24.6 Å². The fraction of sp³-hybridized carbons (Fsp3) is 0.579. The van der Waals surface area contributed by atoms with Gasteiger partial charge in [0.25, 0.3) is 0 Å². The molecular formula is C19H26ClNO4. The van der Waals surface area contributed by atoms with Crippen LogP contribution in [0.5, 0.6) is 0 Å². The van der Waals surface area contributed by atoms with Gasteiger partial charge in [-0.15, -0.1) is 12.4 Å². The highest BCUT2D eigenvalue weighted by Gasteiger charge is 2.51. The number of carbonyl (C=O) groups is 2. The molecule has 2 fully saturated rings.